The minimum absolute atomic E-state index is 0.0304. The molecule has 26 heavy (non-hydrogen) atoms. The van der Waals surface area contributed by atoms with Crippen LogP contribution in [0.4, 0.5) is 0 Å². The molecular formula is C20H22Cl2N2O2. The Kier molecular flexibility index (Phi) is 6.41. The number of carbonyl (C=O) groups is 1. The molecule has 2 aromatic rings. The van der Waals surface area contributed by atoms with E-state index in [4.69, 9.17) is 27.9 Å². The molecule has 0 N–H and O–H groups in total. The summed E-state index contributed by atoms with van der Waals surface area (Å²) in [7, 11) is 1.59. The second-order valence-electron chi connectivity index (χ2n) is 6.32. The van der Waals surface area contributed by atoms with E-state index in [1.807, 2.05) is 41.3 Å². The summed E-state index contributed by atoms with van der Waals surface area (Å²) in [6, 6.07) is 13.0. The van der Waals surface area contributed by atoms with Crippen LogP contribution in [0, 0.1) is 0 Å². The highest BCUT2D eigenvalue weighted by molar-refractivity contribution is 6.35. The number of halogens is 2. The van der Waals surface area contributed by atoms with Crippen molar-refractivity contribution in [2.45, 2.75) is 6.42 Å². The minimum atomic E-state index is 0.0304. The fraction of sp³-hybridized carbons (Fsp3) is 0.350. The lowest BCUT2D eigenvalue weighted by molar-refractivity contribution is 0.0635. The molecule has 1 heterocycles. The third kappa shape index (κ3) is 4.50. The summed E-state index contributed by atoms with van der Waals surface area (Å²) in [4.78, 5) is 17.0. The van der Waals surface area contributed by atoms with Crippen molar-refractivity contribution >= 4 is 29.1 Å². The first-order chi connectivity index (χ1) is 12.6. The summed E-state index contributed by atoms with van der Waals surface area (Å²) in [5.74, 6) is 0.653. The van der Waals surface area contributed by atoms with Crippen molar-refractivity contribution < 1.29 is 9.53 Å². The fourth-order valence-electron chi connectivity index (χ4n) is 3.17. The topological polar surface area (TPSA) is 32.8 Å². The van der Waals surface area contributed by atoms with Gasteiger partial charge in [-0.15, -0.1) is 0 Å². The van der Waals surface area contributed by atoms with Crippen molar-refractivity contribution in [1.29, 1.82) is 0 Å². The molecule has 0 spiro atoms. The Morgan fingerprint density at radius 3 is 2.50 bits per heavy atom. The van der Waals surface area contributed by atoms with Crippen molar-refractivity contribution in [2.24, 2.45) is 0 Å². The molecule has 138 valence electrons. The zero-order chi connectivity index (χ0) is 18.5. The maximum atomic E-state index is 12.7. The zero-order valence-corrected chi connectivity index (χ0v) is 16.3. The highest BCUT2D eigenvalue weighted by atomic mass is 35.5. The lowest BCUT2D eigenvalue weighted by atomic mass is 10.1. The van der Waals surface area contributed by atoms with Crippen molar-refractivity contribution in [3.05, 3.63) is 63.6 Å². The van der Waals surface area contributed by atoms with Crippen molar-refractivity contribution in [1.82, 2.24) is 9.80 Å². The smallest absolute Gasteiger partial charge is 0.257 e. The summed E-state index contributed by atoms with van der Waals surface area (Å²) in [6.45, 7) is 4.05. The second kappa shape index (κ2) is 8.76. The van der Waals surface area contributed by atoms with Crippen LogP contribution in [0.2, 0.25) is 10.0 Å². The summed E-state index contributed by atoms with van der Waals surface area (Å²) in [5.41, 5.74) is 1.72. The number of amides is 1. The highest BCUT2D eigenvalue weighted by Crippen LogP contribution is 2.22. The van der Waals surface area contributed by atoms with Gasteiger partial charge in [-0.25, -0.2) is 0 Å². The predicted molar refractivity (Wildman–Crippen MR) is 106 cm³/mol. The molecule has 1 saturated heterocycles. The van der Waals surface area contributed by atoms with Gasteiger partial charge in [0.1, 0.15) is 5.75 Å². The van der Waals surface area contributed by atoms with E-state index < -0.39 is 0 Å². The molecule has 0 atom stereocenters. The third-order valence-corrected chi connectivity index (χ3v) is 5.30. The number of nitrogens with zero attached hydrogens (tertiary/aromatic N) is 2. The monoisotopic (exact) mass is 392 g/mol. The first-order valence-corrected chi connectivity index (χ1v) is 9.42. The Balaban J connectivity index is 1.53. The van der Waals surface area contributed by atoms with E-state index in [2.05, 4.69) is 4.90 Å². The van der Waals surface area contributed by atoms with Crippen LogP contribution in [0.25, 0.3) is 0 Å². The summed E-state index contributed by atoms with van der Waals surface area (Å²) < 4.78 is 5.31. The molecule has 0 aliphatic carbocycles. The molecule has 0 saturated carbocycles. The van der Waals surface area contributed by atoms with Gasteiger partial charge in [-0.1, -0.05) is 41.4 Å². The van der Waals surface area contributed by atoms with E-state index in [9.17, 15) is 4.79 Å². The minimum Gasteiger partial charge on any atom is -0.496 e. The molecule has 0 unspecified atom stereocenters. The molecule has 3 rings (SSSR count). The van der Waals surface area contributed by atoms with Crippen molar-refractivity contribution in [3.63, 3.8) is 0 Å². The van der Waals surface area contributed by atoms with Crippen LogP contribution in [0.3, 0.4) is 0 Å². The number of para-hydroxylation sites is 1. The summed E-state index contributed by atoms with van der Waals surface area (Å²) in [5, 5.41) is 1.37. The molecule has 0 aromatic heterocycles. The van der Waals surface area contributed by atoms with Crippen LogP contribution in [0.15, 0.2) is 42.5 Å². The van der Waals surface area contributed by atoms with Crippen molar-refractivity contribution in [2.75, 3.05) is 39.8 Å². The second-order valence-corrected chi connectivity index (χ2v) is 7.16. The third-order valence-electron chi connectivity index (χ3n) is 4.71. The molecule has 0 bridgehead atoms. The molecule has 0 radical (unpaired) electrons. The maximum Gasteiger partial charge on any atom is 0.257 e. The molecule has 1 fully saturated rings. The van der Waals surface area contributed by atoms with Gasteiger partial charge >= 0.3 is 0 Å². The molecular weight excluding hydrogens is 371 g/mol. The number of benzene rings is 2. The molecule has 4 nitrogen and oxygen atoms in total. The number of rotatable bonds is 5. The number of piperazine rings is 1. The average Bonchev–Trinajstić information content (AvgIpc) is 2.67. The van der Waals surface area contributed by atoms with Crippen molar-refractivity contribution in [3.8, 4) is 5.75 Å². The van der Waals surface area contributed by atoms with Crippen LogP contribution in [-0.4, -0.2) is 55.5 Å². The van der Waals surface area contributed by atoms with E-state index >= 15 is 0 Å². The largest absolute Gasteiger partial charge is 0.496 e. The molecule has 1 amide bonds. The Labute approximate surface area is 164 Å². The average molecular weight is 393 g/mol. The van der Waals surface area contributed by atoms with Gasteiger partial charge in [-0.2, -0.15) is 0 Å². The Morgan fingerprint density at radius 1 is 1.08 bits per heavy atom. The van der Waals surface area contributed by atoms with Gasteiger partial charge in [0.25, 0.3) is 5.91 Å². The standard InChI is InChI=1S/C20H22Cl2N2O2/c1-26-19-5-3-2-4-17(19)20(25)24-12-10-23(11-13-24)9-8-15-6-7-16(21)14-18(15)22/h2-7,14H,8-13H2,1H3. The summed E-state index contributed by atoms with van der Waals surface area (Å²) >= 11 is 12.2. The van der Waals surface area contributed by atoms with E-state index in [0.29, 0.717) is 34.4 Å². The molecule has 1 aliphatic heterocycles. The van der Waals surface area contributed by atoms with Gasteiger partial charge in [0.15, 0.2) is 0 Å². The van der Waals surface area contributed by atoms with Crippen LogP contribution in [0.1, 0.15) is 15.9 Å². The maximum absolute atomic E-state index is 12.7. The van der Waals surface area contributed by atoms with Crippen LogP contribution in [0.5, 0.6) is 5.75 Å². The number of hydrogen-bond acceptors (Lipinski definition) is 3. The molecule has 6 heteroatoms. The van der Waals surface area contributed by atoms with E-state index in [-0.39, 0.29) is 5.91 Å². The number of ether oxygens (including phenoxy) is 1. The first-order valence-electron chi connectivity index (χ1n) is 8.67. The predicted octanol–water partition coefficient (Wildman–Crippen LogP) is 4.00. The highest BCUT2D eigenvalue weighted by Gasteiger charge is 2.24. The van der Waals surface area contributed by atoms with E-state index in [1.165, 1.54) is 0 Å². The molecule has 2 aromatic carbocycles. The van der Waals surface area contributed by atoms with E-state index in [1.54, 1.807) is 13.2 Å². The number of methoxy groups -OCH3 is 1. The quantitative estimate of drug-likeness (QED) is 0.770. The van der Waals surface area contributed by atoms with Gasteiger partial charge in [-0.3, -0.25) is 9.69 Å². The van der Waals surface area contributed by atoms with Gasteiger partial charge < -0.3 is 9.64 Å². The van der Waals surface area contributed by atoms with Crippen LogP contribution >= 0.6 is 23.2 Å². The van der Waals surface area contributed by atoms with Gasteiger partial charge in [0.05, 0.1) is 12.7 Å². The lowest BCUT2D eigenvalue weighted by Crippen LogP contribution is -2.49. The van der Waals surface area contributed by atoms with Crippen LogP contribution in [-0.2, 0) is 6.42 Å². The number of hydrogen-bond donors (Lipinski definition) is 0. The van der Waals surface area contributed by atoms with Crippen LogP contribution < -0.4 is 4.74 Å². The Morgan fingerprint density at radius 2 is 1.81 bits per heavy atom. The molecule has 1 aliphatic rings. The van der Waals surface area contributed by atoms with Gasteiger partial charge in [0.2, 0.25) is 0 Å². The Hall–Kier alpha value is -1.75. The van der Waals surface area contributed by atoms with E-state index in [0.717, 1.165) is 31.6 Å². The lowest BCUT2D eigenvalue weighted by Gasteiger charge is -2.35. The van der Waals surface area contributed by atoms with Gasteiger partial charge in [-0.05, 0) is 36.2 Å². The van der Waals surface area contributed by atoms with Gasteiger partial charge in [0, 0.05) is 42.8 Å². The summed E-state index contributed by atoms with van der Waals surface area (Å²) in [6.07, 6.45) is 0.871. The normalized spacial score (nSPS) is 15.1. The number of carbonyl (C=O) groups excluding carboxylic acids is 1. The SMILES string of the molecule is COc1ccccc1C(=O)N1CCN(CCc2ccc(Cl)cc2Cl)CC1. The zero-order valence-electron chi connectivity index (χ0n) is 14.8. The first kappa shape index (κ1) is 19.0. The Bertz CT molecular complexity index is 774. The fourth-order valence-corrected chi connectivity index (χ4v) is 3.67.